The van der Waals surface area contributed by atoms with E-state index in [-0.39, 0.29) is 7.43 Å². The van der Waals surface area contributed by atoms with Gasteiger partial charge >= 0.3 is 6.18 Å². The molecule has 0 radical (unpaired) electrons. The van der Waals surface area contributed by atoms with Gasteiger partial charge in [-0.2, -0.15) is 13.2 Å². The first-order chi connectivity index (χ1) is 14.4. The number of aromatic nitrogens is 2. The van der Waals surface area contributed by atoms with E-state index in [4.69, 9.17) is 0 Å². The quantitative estimate of drug-likeness (QED) is 0.749. The smallest absolute Gasteiger partial charge is 0.355 e. The lowest BCUT2D eigenvalue weighted by molar-refractivity contribution is -0.126. The van der Waals surface area contributed by atoms with Crippen LogP contribution in [0.2, 0.25) is 0 Å². The number of fused-ring (bicyclic) bond motifs is 2. The summed E-state index contributed by atoms with van der Waals surface area (Å²) < 4.78 is 38.5. The maximum atomic E-state index is 12.8. The summed E-state index contributed by atoms with van der Waals surface area (Å²) in [4.78, 5) is 14.6. The standard InChI is InChI=1S/C21H28F3N5S.CH4/c22-21(23,24)8-17-7-18-19(26-13-27-20(18)30-17)29-11-15-3-6-28(10-16(15)12-29)9-14-1-4-25-5-2-14;/h7,13-16,25H,1-6,8-12H2;1H4/t15-,16+;/m1./s1. The fraction of sp³-hybridized carbons (Fsp3) is 0.727. The van der Waals surface area contributed by atoms with Crippen molar-refractivity contribution in [2.24, 2.45) is 17.8 Å². The zero-order chi connectivity index (χ0) is 20.7. The zero-order valence-electron chi connectivity index (χ0n) is 17.0. The van der Waals surface area contributed by atoms with Crippen molar-refractivity contribution in [3.8, 4) is 0 Å². The topological polar surface area (TPSA) is 44.3 Å². The van der Waals surface area contributed by atoms with Gasteiger partial charge in [0.15, 0.2) is 0 Å². The Labute approximate surface area is 186 Å². The molecule has 3 saturated heterocycles. The van der Waals surface area contributed by atoms with Crippen molar-refractivity contribution >= 4 is 27.4 Å². The maximum absolute atomic E-state index is 12.8. The van der Waals surface area contributed by atoms with Crippen molar-refractivity contribution in [2.75, 3.05) is 50.7 Å². The Balaban J connectivity index is 0.00000231. The lowest BCUT2D eigenvalue weighted by atomic mass is 9.87. The first kappa shape index (κ1) is 22.7. The third kappa shape index (κ3) is 5.14. The van der Waals surface area contributed by atoms with E-state index < -0.39 is 12.6 Å². The number of likely N-dealkylation sites (tertiary alicyclic amines) is 1. The third-order valence-electron chi connectivity index (χ3n) is 6.89. The Hall–Kier alpha value is -1.45. The van der Waals surface area contributed by atoms with Crippen molar-refractivity contribution in [3.63, 3.8) is 0 Å². The number of hydrogen-bond donors (Lipinski definition) is 1. The fourth-order valence-corrected chi connectivity index (χ4v) is 6.46. The second kappa shape index (κ2) is 9.19. The molecule has 3 aliphatic rings. The molecule has 3 fully saturated rings. The first-order valence-corrected chi connectivity index (χ1v) is 11.7. The van der Waals surface area contributed by atoms with Gasteiger partial charge in [-0.3, -0.25) is 0 Å². The molecule has 5 rings (SSSR count). The molecule has 172 valence electrons. The summed E-state index contributed by atoms with van der Waals surface area (Å²) in [6, 6.07) is 1.65. The Morgan fingerprint density at radius 3 is 2.61 bits per heavy atom. The summed E-state index contributed by atoms with van der Waals surface area (Å²) in [5.74, 6) is 2.87. The van der Waals surface area contributed by atoms with E-state index in [9.17, 15) is 13.2 Å². The molecule has 0 aromatic carbocycles. The summed E-state index contributed by atoms with van der Waals surface area (Å²) in [7, 11) is 0. The Morgan fingerprint density at radius 2 is 1.84 bits per heavy atom. The average Bonchev–Trinajstić information content (AvgIpc) is 3.30. The fourth-order valence-electron chi connectivity index (χ4n) is 5.44. The molecular weight excluding hydrogens is 423 g/mol. The molecule has 2 aromatic rings. The second-order valence-corrected chi connectivity index (χ2v) is 10.2. The van der Waals surface area contributed by atoms with Crippen molar-refractivity contribution in [2.45, 2.75) is 39.3 Å². The molecule has 1 N–H and O–H groups in total. The predicted octanol–water partition coefficient (Wildman–Crippen LogP) is 4.19. The van der Waals surface area contributed by atoms with E-state index in [1.807, 2.05) is 0 Å². The van der Waals surface area contributed by atoms with E-state index in [2.05, 4.69) is 25.1 Å². The van der Waals surface area contributed by atoms with Crippen LogP contribution in [0.25, 0.3) is 10.2 Å². The highest BCUT2D eigenvalue weighted by molar-refractivity contribution is 7.18. The maximum Gasteiger partial charge on any atom is 0.393 e. The van der Waals surface area contributed by atoms with Crippen molar-refractivity contribution in [3.05, 3.63) is 17.3 Å². The molecule has 9 heteroatoms. The summed E-state index contributed by atoms with van der Waals surface area (Å²) in [5, 5.41) is 4.21. The number of anilines is 1. The van der Waals surface area contributed by atoms with Crippen molar-refractivity contribution < 1.29 is 13.2 Å². The van der Waals surface area contributed by atoms with Crippen LogP contribution in [0.4, 0.5) is 19.0 Å². The number of alkyl halides is 3. The number of rotatable bonds is 4. The normalized spacial score (nSPS) is 25.6. The molecule has 0 bridgehead atoms. The highest BCUT2D eigenvalue weighted by Crippen LogP contribution is 2.38. The number of halogens is 3. The Bertz CT molecular complexity index is 880. The van der Waals surface area contributed by atoms with Gasteiger partial charge in [0.25, 0.3) is 0 Å². The summed E-state index contributed by atoms with van der Waals surface area (Å²) in [6.45, 7) is 7.65. The number of nitrogens with zero attached hydrogens (tertiary/aromatic N) is 4. The van der Waals surface area contributed by atoms with Gasteiger partial charge in [-0.1, -0.05) is 7.43 Å². The van der Waals surface area contributed by atoms with Gasteiger partial charge in [0.05, 0.1) is 11.8 Å². The van der Waals surface area contributed by atoms with Crippen LogP contribution in [0.15, 0.2) is 12.4 Å². The van der Waals surface area contributed by atoms with Crippen LogP contribution in [0.5, 0.6) is 0 Å². The molecule has 0 spiro atoms. The molecule has 5 nitrogen and oxygen atoms in total. The van der Waals surface area contributed by atoms with Gasteiger partial charge in [0.2, 0.25) is 0 Å². The van der Waals surface area contributed by atoms with E-state index in [0.717, 1.165) is 67.7 Å². The van der Waals surface area contributed by atoms with Gasteiger partial charge in [0, 0.05) is 31.1 Å². The molecular formula is C22H32F3N5S. The van der Waals surface area contributed by atoms with Crippen LogP contribution in [0, 0.1) is 17.8 Å². The van der Waals surface area contributed by atoms with Crippen LogP contribution in [0.3, 0.4) is 0 Å². The largest absolute Gasteiger partial charge is 0.393 e. The van der Waals surface area contributed by atoms with E-state index in [1.165, 1.54) is 32.1 Å². The van der Waals surface area contributed by atoms with Crippen LogP contribution >= 0.6 is 11.3 Å². The molecule has 3 aliphatic heterocycles. The summed E-state index contributed by atoms with van der Waals surface area (Å²) in [6.07, 6.45) is 0.141. The summed E-state index contributed by atoms with van der Waals surface area (Å²) in [5.41, 5.74) is 0. The van der Waals surface area contributed by atoms with E-state index >= 15 is 0 Å². The summed E-state index contributed by atoms with van der Waals surface area (Å²) >= 11 is 1.13. The predicted molar refractivity (Wildman–Crippen MR) is 120 cm³/mol. The van der Waals surface area contributed by atoms with E-state index in [1.54, 1.807) is 6.07 Å². The van der Waals surface area contributed by atoms with Crippen LogP contribution in [0.1, 0.15) is 31.6 Å². The van der Waals surface area contributed by atoms with Crippen molar-refractivity contribution in [1.29, 1.82) is 0 Å². The van der Waals surface area contributed by atoms with Gasteiger partial charge < -0.3 is 15.1 Å². The van der Waals surface area contributed by atoms with Crippen LogP contribution in [-0.2, 0) is 6.42 Å². The first-order valence-electron chi connectivity index (χ1n) is 10.9. The molecule has 0 unspecified atom stereocenters. The molecule has 0 aliphatic carbocycles. The second-order valence-electron chi connectivity index (χ2n) is 9.09. The lowest BCUT2D eigenvalue weighted by Crippen LogP contribution is -2.43. The number of thiophene rings is 1. The minimum absolute atomic E-state index is 0. The van der Waals surface area contributed by atoms with Crippen LogP contribution in [-0.4, -0.2) is 66.9 Å². The molecule has 5 heterocycles. The molecule has 2 aromatic heterocycles. The lowest BCUT2D eigenvalue weighted by Gasteiger charge is -2.37. The van der Waals surface area contributed by atoms with Crippen molar-refractivity contribution in [1.82, 2.24) is 20.2 Å². The Kier molecular flexibility index (Phi) is 6.74. The van der Waals surface area contributed by atoms with Gasteiger partial charge in [0.1, 0.15) is 17.0 Å². The minimum Gasteiger partial charge on any atom is -0.355 e. The number of nitrogens with one attached hydrogen (secondary N) is 1. The highest BCUT2D eigenvalue weighted by atomic mass is 32.1. The SMILES string of the molecule is C.FC(F)(F)Cc1cc2c(N3C[C@H]4CCN(CC5CCNCC5)C[C@H]4C3)ncnc2s1. The molecule has 0 saturated carbocycles. The Morgan fingerprint density at radius 1 is 1.06 bits per heavy atom. The number of piperidine rings is 2. The van der Waals surface area contributed by atoms with Gasteiger partial charge in [-0.25, -0.2) is 9.97 Å². The zero-order valence-corrected chi connectivity index (χ0v) is 17.8. The van der Waals surface area contributed by atoms with Gasteiger partial charge in [-0.05, 0) is 62.7 Å². The molecule has 31 heavy (non-hydrogen) atoms. The van der Waals surface area contributed by atoms with E-state index in [0.29, 0.717) is 21.5 Å². The van der Waals surface area contributed by atoms with Crippen LogP contribution < -0.4 is 10.2 Å². The monoisotopic (exact) mass is 455 g/mol. The highest BCUT2D eigenvalue weighted by Gasteiger charge is 2.38. The minimum atomic E-state index is -4.20. The van der Waals surface area contributed by atoms with Gasteiger partial charge in [-0.15, -0.1) is 11.3 Å². The number of hydrogen-bond acceptors (Lipinski definition) is 6. The average molecular weight is 456 g/mol. The third-order valence-corrected chi connectivity index (χ3v) is 7.94. The molecule has 0 amide bonds. The molecule has 2 atom stereocenters.